The molecule has 0 aromatic carbocycles. The first-order valence-corrected chi connectivity index (χ1v) is 11.7. The molecular formula is C19H24F2N6O5S. The third-order valence-electron chi connectivity index (χ3n) is 5.78. The standard InChI is InChI=1S/C19H24F2N6O5S/c1-11-17(10-26(24-11)18(20)21)33(31,32)27-8-12(7-25-3-2-14(28)9-25)4-15-16(27)5-13(6-22-15)23-19(29)30/h5-6,10,12,14,18,23,28H,2-4,7-9H2,1H3,(H,29,30). The van der Waals surface area contributed by atoms with E-state index in [0.29, 0.717) is 38.2 Å². The van der Waals surface area contributed by atoms with Gasteiger partial charge in [-0.05, 0) is 31.7 Å². The maximum Gasteiger partial charge on any atom is 0.409 e. The van der Waals surface area contributed by atoms with Crippen LogP contribution < -0.4 is 9.62 Å². The molecule has 1 amide bonds. The minimum absolute atomic E-state index is 0.0411. The number of halogens is 2. The molecule has 3 N–H and O–H groups in total. The lowest BCUT2D eigenvalue weighted by Gasteiger charge is -2.36. The molecule has 11 nitrogen and oxygen atoms in total. The number of carboxylic acid groups (broad SMARTS) is 1. The van der Waals surface area contributed by atoms with Crippen molar-refractivity contribution in [2.75, 3.05) is 35.8 Å². The summed E-state index contributed by atoms with van der Waals surface area (Å²) in [5.41, 5.74) is 0.643. The van der Waals surface area contributed by atoms with Crippen molar-refractivity contribution < 1.29 is 32.2 Å². The van der Waals surface area contributed by atoms with Gasteiger partial charge in [0.1, 0.15) is 4.90 Å². The molecule has 33 heavy (non-hydrogen) atoms. The van der Waals surface area contributed by atoms with Gasteiger partial charge >= 0.3 is 12.6 Å². The lowest BCUT2D eigenvalue weighted by atomic mass is 9.97. The van der Waals surface area contributed by atoms with Crippen molar-refractivity contribution in [3.63, 3.8) is 0 Å². The quantitative estimate of drug-likeness (QED) is 0.558. The summed E-state index contributed by atoms with van der Waals surface area (Å²) in [6.07, 6.45) is 1.42. The fourth-order valence-electron chi connectivity index (χ4n) is 4.35. The van der Waals surface area contributed by atoms with Crippen LogP contribution in [0, 0.1) is 12.8 Å². The van der Waals surface area contributed by atoms with Crippen LogP contribution in [0.5, 0.6) is 0 Å². The summed E-state index contributed by atoms with van der Waals surface area (Å²) in [5, 5.41) is 24.6. The summed E-state index contributed by atoms with van der Waals surface area (Å²) in [6, 6.07) is 1.37. The van der Waals surface area contributed by atoms with Gasteiger partial charge in [-0.25, -0.2) is 17.9 Å². The molecule has 1 fully saturated rings. The van der Waals surface area contributed by atoms with E-state index in [1.807, 2.05) is 4.90 Å². The van der Waals surface area contributed by atoms with Crippen molar-refractivity contribution in [2.24, 2.45) is 5.92 Å². The molecule has 0 saturated carbocycles. The van der Waals surface area contributed by atoms with Gasteiger partial charge in [0.25, 0.3) is 10.0 Å². The Hall–Kier alpha value is -2.84. The maximum atomic E-state index is 13.6. The minimum atomic E-state index is -4.31. The number of nitrogens with zero attached hydrogens (tertiary/aromatic N) is 5. The van der Waals surface area contributed by atoms with Crippen LogP contribution >= 0.6 is 0 Å². The lowest BCUT2D eigenvalue weighted by Crippen LogP contribution is -2.44. The number of β-amino-alcohol motifs (C(OH)–C–C–N with tert-alkyl or cyclic N) is 1. The fourth-order valence-corrected chi connectivity index (χ4v) is 6.06. The highest BCUT2D eigenvalue weighted by Gasteiger charge is 2.37. The number of sulfonamides is 1. The van der Waals surface area contributed by atoms with Crippen molar-refractivity contribution in [2.45, 2.75) is 37.3 Å². The Morgan fingerprint density at radius 2 is 2.12 bits per heavy atom. The van der Waals surface area contributed by atoms with Crippen LogP contribution in [0.2, 0.25) is 0 Å². The van der Waals surface area contributed by atoms with E-state index in [2.05, 4.69) is 15.4 Å². The van der Waals surface area contributed by atoms with Gasteiger partial charge in [0.05, 0.1) is 41.3 Å². The molecule has 0 bridgehead atoms. The first-order chi connectivity index (χ1) is 15.5. The number of rotatable bonds is 6. The lowest BCUT2D eigenvalue weighted by molar-refractivity contribution is 0.0561. The second kappa shape index (κ2) is 8.83. The van der Waals surface area contributed by atoms with Crippen LogP contribution in [0.25, 0.3) is 0 Å². The van der Waals surface area contributed by atoms with Crippen molar-refractivity contribution in [1.29, 1.82) is 0 Å². The van der Waals surface area contributed by atoms with Gasteiger partial charge in [0.15, 0.2) is 0 Å². The van der Waals surface area contributed by atoms with Crippen LogP contribution in [-0.4, -0.2) is 76.7 Å². The highest BCUT2D eigenvalue weighted by Crippen LogP contribution is 2.36. The number of alkyl halides is 2. The van der Waals surface area contributed by atoms with E-state index in [-0.39, 0.29) is 39.1 Å². The molecular weight excluding hydrogens is 462 g/mol. The zero-order valence-corrected chi connectivity index (χ0v) is 18.5. The minimum Gasteiger partial charge on any atom is -0.465 e. The number of nitrogens with one attached hydrogen (secondary N) is 1. The maximum absolute atomic E-state index is 13.6. The number of aliphatic hydroxyl groups is 1. The third-order valence-corrected chi connectivity index (χ3v) is 7.66. The largest absolute Gasteiger partial charge is 0.465 e. The molecule has 0 aliphatic carbocycles. The Kier molecular flexibility index (Phi) is 6.24. The molecule has 4 heterocycles. The van der Waals surface area contributed by atoms with E-state index < -0.39 is 28.8 Å². The monoisotopic (exact) mass is 486 g/mol. The predicted octanol–water partition coefficient (Wildman–Crippen LogP) is 1.51. The average Bonchev–Trinajstić information content (AvgIpc) is 3.33. The Bertz CT molecular complexity index is 1160. The number of aryl methyl sites for hydroxylation is 1. The fraction of sp³-hybridized carbons (Fsp3) is 0.526. The summed E-state index contributed by atoms with van der Waals surface area (Å²) in [5.74, 6) is -0.172. The highest BCUT2D eigenvalue weighted by molar-refractivity contribution is 7.92. The molecule has 0 radical (unpaired) electrons. The van der Waals surface area contributed by atoms with Crippen molar-refractivity contribution in [3.8, 4) is 0 Å². The molecule has 14 heteroatoms. The zero-order valence-electron chi connectivity index (χ0n) is 17.7. The summed E-state index contributed by atoms with van der Waals surface area (Å²) >= 11 is 0. The molecule has 2 aromatic heterocycles. The van der Waals surface area contributed by atoms with E-state index in [4.69, 9.17) is 5.11 Å². The summed E-state index contributed by atoms with van der Waals surface area (Å²) in [4.78, 5) is 17.0. The van der Waals surface area contributed by atoms with Crippen molar-refractivity contribution in [3.05, 3.63) is 29.8 Å². The molecule has 2 atom stereocenters. The SMILES string of the molecule is Cc1nn(C(F)F)cc1S(=O)(=O)N1CC(CN2CCC(O)C2)Cc2ncc(NC(=O)O)cc21. The topological polar surface area (TPSA) is 141 Å². The third kappa shape index (κ3) is 4.77. The number of likely N-dealkylation sites (tertiary alicyclic amines) is 1. The van der Waals surface area contributed by atoms with Crippen LogP contribution in [0.4, 0.5) is 25.0 Å². The Morgan fingerprint density at radius 3 is 2.73 bits per heavy atom. The first-order valence-electron chi connectivity index (χ1n) is 10.3. The number of aliphatic hydroxyl groups excluding tert-OH is 1. The van der Waals surface area contributed by atoms with Crippen LogP contribution in [0.15, 0.2) is 23.4 Å². The van der Waals surface area contributed by atoms with Gasteiger partial charge in [0.2, 0.25) is 0 Å². The molecule has 2 aliphatic rings. The Morgan fingerprint density at radius 1 is 1.36 bits per heavy atom. The van der Waals surface area contributed by atoms with Crippen molar-refractivity contribution >= 4 is 27.5 Å². The van der Waals surface area contributed by atoms with E-state index >= 15 is 0 Å². The van der Waals surface area contributed by atoms with E-state index in [9.17, 15) is 27.1 Å². The number of carbonyl (C=O) groups is 1. The van der Waals surface area contributed by atoms with Crippen molar-refractivity contribution in [1.82, 2.24) is 19.7 Å². The number of aromatic nitrogens is 3. The van der Waals surface area contributed by atoms with Crippen LogP contribution in [0.3, 0.4) is 0 Å². The van der Waals surface area contributed by atoms with E-state index in [1.54, 1.807) is 0 Å². The van der Waals surface area contributed by atoms with E-state index in [0.717, 1.165) is 10.5 Å². The first kappa shape index (κ1) is 23.3. The molecule has 180 valence electrons. The van der Waals surface area contributed by atoms with E-state index in [1.165, 1.54) is 19.2 Å². The number of amides is 1. The second-order valence-corrected chi connectivity index (χ2v) is 10.1. The van der Waals surface area contributed by atoms with Gasteiger partial charge < -0.3 is 15.1 Å². The molecule has 0 spiro atoms. The highest BCUT2D eigenvalue weighted by atomic mass is 32.2. The molecule has 1 saturated heterocycles. The molecule has 2 aliphatic heterocycles. The normalized spacial score (nSPS) is 21.4. The van der Waals surface area contributed by atoms with Crippen LogP contribution in [-0.2, 0) is 16.4 Å². The molecule has 2 aromatic rings. The summed E-state index contributed by atoms with van der Waals surface area (Å²) in [7, 11) is -4.31. The van der Waals surface area contributed by atoms with Gasteiger partial charge in [-0.1, -0.05) is 0 Å². The number of pyridine rings is 1. The van der Waals surface area contributed by atoms with Gasteiger partial charge in [-0.2, -0.15) is 13.9 Å². The van der Waals surface area contributed by atoms with Gasteiger partial charge in [-0.3, -0.25) is 14.6 Å². The van der Waals surface area contributed by atoms with Gasteiger partial charge in [0, 0.05) is 26.2 Å². The smallest absolute Gasteiger partial charge is 0.409 e. The number of fused-ring (bicyclic) bond motifs is 1. The predicted molar refractivity (Wildman–Crippen MR) is 113 cm³/mol. The number of hydrogen-bond acceptors (Lipinski definition) is 7. The summed E-state index contributed by atoms with van der Waals surface area (Å²) < 4.78 is 54.8. The molecule has 2 unspecified atom stereocenters. The number of hydrogen-bond donors (Lipinski definition) is 3. The second-order valence-electron chi connectivity index (χ2n) is 8.26. The Labute approximate surface area is 188 Å². The zero-order chi connectivity index (χ0) is 23.9. The summed E-state index contributed by atoms with van der Waals surface area (Å²) in [6.45, 7) is 0.0789. The van der Waals surface area contributed by atoms with Crippen LogP contribution in [0.1, 0.15) is 24.4 Å². The Balaban J connectivity index is 1.72. The number of anilines is 2. The van der Waals surface area contributed by atoms with Gasteiger partial charge in [-0.15, -0.1) is 0 Å². The molecule has 4 rings (SSSR count). The average molecular weight is 487 g/mol.